The molecule has 0 saturated carbocycles. The highest BCUT2D eigenvalue weighted by molar-refractivity contribution is 7.29. The second-order valence-corrected chi connectivity index (χ2v) is 10.7. The minimum absolute atomic E-state index is 0.176. The summed E-state index contributed by atoms with van der Waals surface area (Å²) in [5.41, 5.74) is 7.88. The molecule has 0 bridgehead atoms. The molecule has 2 aromatic carbocycles. The van der Waals surface area contributed by atoms with Crippen LogP contribution in [0.2, 0.25) is 0 Å². The first-order chi connectivity index (χ1) is 15.4. The molecular weight excluding hydrogens is 434 g/mol. The molecule has 5 aromatic rings. The van der Waals surface area contributed by atoms with Crippen LogP contribution in [0, 0.1) is 0 Å². The van der Waals surface area contributed by atoms with Crippen LogP contribution in [0.15, 0.2) is 83.6 Å². The number of thiophene rings is 3. The van der Waals surface area contributed by atoms with Crippen molar-refractivity contribution in [2.24, 2.45) is 0 Å². The van der Waals surface area contributed by atoms with Crippen molar-refractivity contribution < 1.29 is 0 Å². The predicted molar refractivity (Wildman–Crippen MR) is 141 cm³/mol. The zero-order chi connectivity index (χ0) is 20.4. The Balaban J connectivity index is 1.42. The molecule has 2 aliphatic rings. The maximum absolute atomic E-state index is 3.92. The third-order valence-electron chi connectivity index (χ3n) is 6.18. The molecule has 0 amide bonds. The van der Waals surface area contributed by atoms with Gasteiger partial charge in [0.15, 0.2) is 0 Å². The lowest BCUT2D eigenvalue weighted by Crippen LogP contribution is -2.52. The first kappa shape index (κ1) is 17.9. The van der Waals surface area contributed by atoms with Crippen LogP contribution in [-0.2, 0) is 0 Å². The van der Waals surface area contributed by atoms with Crippen LogP contribution < -0.4 is 32.3 Å². The Morgan fingerprint density at radius 3 is 1.42 bits per heavy atom. The van der Waals surface area contributed by atoms with E-state index < -0.39 is 0 Å². The largest absolute Gasteiger partial charge is 0.417 e. The molecule has 2 N–H and O–H groups in total. The number of fused-ring (bicyclic) bond motifs is 7. The minimum atomic E-state index is 0.176. The van der Waals surface area contributed by atoms with Crippen LogP contribution in [-0.4, -0.2) is 13.7 Å². The minimum Gasteiger partial charge on any atom is -0.417 e. The van der Waals surface area contributed by atoms with Gasteiger partial charge < -0.3 is 10.5 Å². The van der Waals surface area contributed by atoms with Gasteiger partial charge in [0.1, 0.15) is 0 Å². The van der Waals surface area contributed by atoms with E-state index in [-0.39, 0.29) is 13.7 Å². The summed E-state index contributed by atoms with van der Waals surface area (Å²) in [6, 6.07) is 26.1. The molecule has 146 valence electrons. The lowest BCUT2D eigenvalue weighted by atomic mass is 9.48. The Morgan fingerprint density at radius 2 is 0.968 bits per heavy atom. The zero-order valence-corrected chi connectivity index (χ0v) is 18.9. The summed E-state index contributed by atoms with van der Waals surface area (Å²) in [7, 11) is 0. The third kappa shape index (κ3) is 2.64. The molecule has 0 radical (unpaired) electrons. The molecule has 2 nitrogen and oxygen atoms in total. The van der Waals surface area contributed by atoms with Crippen LogP contribution in [0.1, 0.15) is 0 Å². The predicted octanol–water partition coefficient (Wildman–Crippen LogP) is 4.27. The van der Waals surface area contributed by atoms with E-state index in [0.717, 1.165) is 0 Å². The Bertz CT molecular complexity index is 1300. The number of nitrogens with one attached hydrogen (secondary N) is 2. The number of rotatable bonds is 2. The van der Waals surface area contributed by atoms with E-state index in [2.05, 4.69) is 94.0 Å². The highest BCUT2D eigenvalue weighted by Crippen LogP contribution is 2.53. The third-order valence-corrected chi connectivity index (χ3v) is 9.56. The average molecular weight is 450 g/mol. The monoisotopic (exact) mass is 450 g/mol. The maximum Gasteiger partial charge on any atom is 0.322 e. The molecule has 0 fully saturated rings. The molecule has 0 spiro atoms. The second kappa shape index (κ2) is 6.89. The summed E-state index contributed by atoms with van der Waals surface area (Å²) < 4.78 is 0. The number of hydrogen-bond acceptors (Lipinski definition) is 5. The SMILES string of the molecule is c1ccc(B2Nc3c(sc4c3NB(c3ccccc3)c3ccsc3-4)-c3sccc32)cc1. The van der Waals surface area contributed by atoms with Gasteiger partial charge in [-0.25, -0.2) is 0 Å². The van der Waals surface area contributed by atoms with Gasteiger partial charge in [0.25, 0.3) is 0 Å². The van der Waals surface area contributed by atoms with Crippen molar-refractivity contribution in [2.75, 3.05) is 10.5 Å². The van der Waals surface area contributed by atoms with Crippen molar-refractivity contribution in [3.8, 4) is 19.5 Å². The first-order valence-electron chi connectivity index (χ1n) is 10.3. The fourth-order valence-electron chi connectivity index (χ4n) is 4.75. The van der Waals surface area contributed by atoms with E-state index in [1.807, 2.05) is 34.0 Å². The van der Waals surface area contributed by atoms with Crippen molar-refractivity contribution in [1.82, 2.24) is 0 Å². The van der Waals surface area contributed by atoms with Gasteiger partial charge in [-0.05, 0) is 21.7 Å². The van der Waals surface area contributed by atoms with E-state index in [4.69, 9.17) is 0 Å². The summed E-state index contributed by atoms with van der Waals surface area (Å²) in [6.07, 6.45) is 0. The normalized spacial score (nSPS) is 13.5. The fourth-order valence-corrected chi connectivity index (χ4v) is 8.20. The van der Waals surface area contributed by atoms with Gasteiger partial charge in [-0.1, -0.05) is 83.7 Å². The molecule has 31 heavy (non-hydrogen) atoms. The summed E-state index contributed by atoms with van der Waals surface area (Å²) in [5.74, 6) is 0. The lowest BCUT2D eigenvalue weighted by Gasteiger charge is -2.27. The van der Waals surface area contributed by atoms with Crippen LogP contribution >= 0.6 is 34.0 Å². The molecule has 3 aromatic heterocycles. The van der Waals surface area contributed by atoms with Gasteiger partial charge in [0.05, 0.1) is 21.1 Å². The van der Waals surface area contributed by atoms with Crippen molar-refractivity contribution in [3.05, 3.63) is 83.6 Å². The molecule has 0 saturated heterocycles. The molecule has 7 heteroatoms. The molecule has 7 rings (SSSR count). The molecule has 0 atom stereocenters. The van der Waals surface area contributed by atoms with Crippen LogP contribution in [0.25, 0.3) is 19.5 Å². The Morgan fingerprint density at radius 1 is 0.516 bits per heavy atom. The molecule has 2 aliphatic heterocycles. The average Bonchev–Trinajstić information content (AvgIpc) is 3.56. The lowest BCUT2D eigenvalue weighted by molar-refractivity contribution is 1.66. The molecule has 5 heterocycles. The van der Waals surface area contributed by atoms with E-state index in [1.54, 1.807) is 0 Å². The number of anilines is 2. The Hall–Kier alpha value is -2.73. The molecule has 0 aliphatic carbocycles. The van der Waals surface area contributed by atoms with E-state index >= 15 is 0 Å². The zero-order valence-electron chi connectivity index (χ0n) is 16.5. The Labute approximate surface area is 193 Å². The summed E-state index contributed by atoms with van der Waals surface area (Å²) in [6.45, 7) is 0.353. The summed E-state index contributed by atoms with van der Waals surface area (Å²) in [4.78, 5) is 5.53. The van der Waals surface area contributed by atoms with E-state index in [0.29, 0.717) is 0 Å². The second-order valence-electron chi connectivity index (χ2n) is 7.90. The van der Waals surface area contributed by atoms with Gasteiger partial charge in [0.2, 0.25) is 0 Å². The molecular formula is C24H16B2N2S3. The quantitative estimate of drug-likeness (QED) is 0.393. The van der Waals surface area contributed by atoms with Gasteiger partial charge >= 0.3 is 13.7 Å². The smallest absolute Gasteiger partial charge is 0.322 e. The first-order valence-corrected chi connectivity index (χ1v) is 12.9. The van der Waals surface area contributed by atoms with Crippen molar-refractivity contribution in [3.63, 3.8) is 0 Å². The van der Waals surface area contributed by atoms with Gasteiger partial charge in [-0.3, -0.25) is 0 Å². The van der Waals surface area contributed by atoms with Crippen LogP contribution in [0.4, 0.5) is 11.4 Å². The maximum atomic E-state index is 3.92. The number of benzene rings is 2. The fraction of sp³-hybridized carbons (Fsp3) is 0. The van der Waals surface area contributed by atoms with Crippen molar-refractivity contribution >= 4 is 80.9 Å². The summed E-state index contributed by atoms with van der Waals surface area (Å²) >= 11 is 5.64. The number of hydrogen-bond donors (Lipinski definition) is 2. The Kier molecular flexibility index (Phi) is 3.98. The van der Waals surface area contributed by atoms with E-state index in [9.17, 15) is 0 Å². The molecule has 0 unspecified atom stereocenters. The van der Waals surface area contributed by atoms with Gasteiger partial charge in [-0.15, -0.1) is 34.0 Å². The van der Waals surface area contributed by atoms with Crippen LogP contribution in [0.5, 0.6) is 0 Å². The van der Waals surface area contributed by atoms with Crippen LogP contribution in [0.3, 0.4) is 0 Å². The van der Waals surface area contributed by atoms with Gasteiger partial charge in [-0.2, -0.15) is 0 Å². The van der Waals surface area contributed by atoms with Gasteiger partial charge in [0, 0.05) is 9.75 Å². The highest BCUT2D eigenvalue weighted by Gasteiger charge is 2.39. The topological polar surface area (TPSA) is 24.1 Å². The van der Waals surface area contributed by atoms with E-state index in [1.165, 1.54) is 52.7 Å². The highest BCUT2D eigenvalue weighted by atomic mass is 32.1. The van der Waals surface area contributed by atoms with Crippen molar-refractivity contribution in [1.29, 1.82) is 0 Å². The van der Waals surface area contributed by atoms with Crippen molar-refractivity contribution in [2.45, 2.75) is 0 Å². The summed E-state index contributed by atoms with van der Waals surface area (Å²) in [5, 5.41) is 12.3. The standard InChI is InChI=1S/C24H16B2N2S3/c1-3-7-15(8-4-1)25-17-11-13-29-21(17)23-19(27-25)20-24(31-23)22-18(12-14-30-22)26(28-20)16-9-5-2-6-10-16/h1-14,27-28H.